The number of nitrogens with one attached hydrogen (secondary N) is 1. The molecule has 0 aliphatic carbocycles. The summed E-state index contributed by atoms with van der Waals surface area (Å²) in [4.78, 5) is 42.2. The van der Waals surface area contributed by atoms with E-state index in [9.17, 15) is 14.4 Å². The Labute approximate surface area is 190 Å². The van der Waals surface area contributed by atoms with Gasteiger partial charge in [-0.05, 0) is 67.4 Å². The third kappa shape index (κ3) is 4.55. The Morgan fingerprint density at radius 1 is 1.03 bits per heavy atom. The summed E-state index contributed by atoms with van der Waals surface area (Å²) in [6.45, 7) is 3.95. The average molecular weight is 444 g/mol. The zero-order chi connectivity index (χ0) is 23.4. The van der Waals surface area contributed by atoms with Gasteiger partial charge in [-0.2, -0.15) is 0 Å². The van der Waals surface area contributed by atoms with Crippen LogP contribution in [0.5, 0.6) is 0 Å². The number of carbonyl (C=O) groups excluding carboxylic acids is 2. The second-order valence-electron chi connectivity index (χ2n) is 7.42. The number of carbonyl (C=O) groups is 2. The molecule has 0 fully saturated rings. The van der Waals surface area contributed by atoms with Crippen molar-refractivity contribution in [2.75, 3.05) is 11.9 Å². The largest absolute Gasteiger partial charge is 0.462 e. The average Bonchev–Trinajstić information content (AvgIpc) is 3.11. The van der Waals surface area contributed by atoms with Gasteiger partial charge in [0.2, 0.25) is 5.91 Å². The van der Waals surface area contributed by atoms with Crippen molar-refractivity contribution in [3.05, 3.63) is 88.3 Å². The smallest absolute Gasteiger partial charge is 0.338 e. The minimum Gasteiger partial charge on any atom is -0.462 e. The number of esters is 1. The molecule has 0 spiro atoms. The van der Waals surface area contributed by atoms with Crippen LogP contribution < -0.4 is 10.9 Å². The first-order chi connectivity index (χ1) is 16.0. The van der Waals surface area contributed by atoms with E-state index in [0.29, 0.717) is 34.6 Å². The van der Waals surface area contributed by atoms with Gasteiger partial charge in [0.15, 0.2) is 5.65 Å². The molecule has 0 radical (unpaired) electrons. The predicted octanol–water partition coefficient (Wildman–Crippen LogP) is 3.57. The Morgan fingerprint density at radius 3 is 2.55 bits per heavy atom. The molecule has 8 heteroatoms. The molecule has 1 N–H and O–H groups in total. The van der Waals surface area contributed by atoms with Gasteiger partial charge >= 0.3 is 5.97 Å². The van der Waals surface area contributed by atoms with E-state index in [1.807, 2.05) is 31.2 Å². The molecule has 4 aromatic rings. The van der Waals surface area contributed by atoms with Crippen molar-refractivity contribution in [3.63, 3.8) is 0 Å². The van der Waals surface area contributed by atoms with Crippen LogP contribution >= 0.6 is 0 Å². The molecule has 0 unspecified atom stereocenters. The number of benzene rings is 2. The van der Waals surface area contributed by atoms with E-state index in [4.69, 9.17) is 4.74 Å². The van der Waals surface area contributed by atoms with E-state index in [-0.39, 0.29) is 18.0 Å². The fraction of sp³-hybridized carbons (Fsp3) is 0.200. The standard InChI is InChI=1S/C25H24N4O4/c1-3-17-7-5-8-20(15-17)29-24(31)21-9-6-14-26-23(21)28(29)16-22(30)27-19-12-10-18(11-13-19)25(32)33-4-2/h5-15H,3-4,16H2,1-2H3,(H,27,30). The number of hydrogen-bond acceptors (Lipinski definition) is 5. The molecule has 0 atom stereocenters. The first-order valence-corrected chi connectivity index (χ1v) is 10.7. The maximum atomic E-state index is 13.2. The molecule has 4 rings (SSSR count). The lowest BCUT2D eigenvalue weighted by Gasteiger charge is -2.13. The normalized spacial score (nSPS) is 10.8. The van der Waals surface area contributed by atoms with Gasteiger partial charge < -0.3 is 10.1 Å². The monoisotopic (exact) mass is 444 g/mol. The van der Waals surface area contributed by atoms with Crippen LogP contribution in [0.1, 0.15) is 29.8 Å². The molecular formula is C25H24N4O4. The van der Waals surface area contributed by atoms with Crippen molar-refractivity contribution in [1.82, 2.24) is 14.3 Å². The zero-order valence-electron chi connectivity index (χ0n) is 18.4. The highest BCUT2D eigenvalue weighted by Crippen LogP contribution is 2.16. The van der Waals surface area contributed by atoms with Gasteiger partial charge in [-0.25, -0.2) is 14.5 Å². The molecule has 0 saturated heterocycles. The van der Waals surface area contributed by atoms with E-state index in [1.54, 1.807) is 54.2 Å². The minimum absolute atomic E-state index is 0.119. The Hall–Kier alpha value is -4.20. The summed E-state index contributed by atoms with van der Waals surface area (Å²) in [7, 11) is 0. The minimum atomic E-state index is -0.418. The second-order valence-corrected chi connectivity index (χ2v) is 7.42. The predicted molar refractivity (Wildman–Crippen MR) is 126 cm³/mol. The van der Waals surface area contributed by atoms with Crippen LogP contribution in [-0.2, 0) is 22.5 Å². The maximum Gasteiger partial charge on any atom is 0.338 e. The quantitative estimate of drug-likeness (QED) is 0.440. The number of fused-ring (bicyclic) bond motifs is 1. The van der Waals surface area contributed by atoms with Gasteiger partial charge in [0.05, 0.1) is 23.2 Å². The molecule has 0 aliphatic heterocycles. The fourth-order valence-electron chi connectivity index (χ4n) is 3.64. The third-order valence-corrected chi connectivity index (χ3v) is 5.23. The number of ether oxygens (including phenoxy) is 1. The Kier molecular flexibility index (Phi) is 6.35. The fourth-order valence-corrected chi connectivity index (χ4v) is 3.64. The van der Waals surface area contributed by atoms with E-state index in [0.717, 1.165) is 12.0 Å². The summed E-state index contributed by atoms with van der Waals surface area (Å²) in [5.74, 6) is -0.750. The highest BCUT2D eigenvalue weighted by Gasteiger charge is 2.18. The van der Waals surface area contributed by atoms with Crippen LogP contribution in [0.15, 0.2) is 71.7 Å². The van der Waals surface area contributed by atoms with Crippen LogP contribution in [0, 0.1) is 0 Å². The number of rotatable bonds is 7. The molecule has 0 saturated carbocycles. The third-order valence-electron chi connectivity index (χ3n) is 5.23. The van der Waals surface area contributed by atoms with Crippen molar-refractivity contribution in [3.8, 4) is 5.69 Å². The van der Waals surface area contributed by atoms with Crippen molar-refractivity contribution in [2.24, 2.45) is 0 Å². The molecule has 33 heavy (non-hydrogen) atoms. The van der Waals surface area contributed by atoms with Gasteiger partial charge in [0, 0.05) is 11.9 Å². The lowest BCUT2D eigenvalue weighted by molar-refractivity contribution is -0.116. The Bertz CT molecular complexity index is 1370. The summed E-state index contributed by atoms with van der Waals surface area (Å²) < 4.78 is 8.04. The number of aromatic nitrogens is 3. The van der Waals surface area contributed by atoms with Gasteiger partial charge in [0.1, 0.15) is 6.54 Å². The van der Waals surface area contributed by atoms with Gasteiger partial charge in [-0.3, -0.25) is 14.3 Å². The van der Waals surface area contributed by atoms with Crippen LogP contribution in [0.25, 0.3) is 16.7 Å². The van der Waals surface area contributed by atoms with Gasteiger partial charge in [0.25, 0.3) is 5.56 Å². The van der Waals surface area contributed by atoms with Crippen LogP contribution in [-0.4, -0.2) is 32.8 Å². The number of hydrogen-bond donors (Lipinski definition) is 1. The summed E-state index contributed by atoms with van der Waals surface area (Å²) in [6, 6.07) is 17.5. The first kappa shape index (κ1) is 22.0. The van der Waals surface area contributed by atoms with E-state index in [1.165, 1.54) is 4.68 Å². The Balaban J connectivity index is 1.65. The van der Waals surface area contributed by atoms with Gasteiger partial charge in [-0.1, -0.05) is 19.1 Å². The topological polar surface area (TPSA) is 95.2 Å². The highest BCUT2D eigenvalue weighted by atomic mass is 16.5. The number of nitrogens with zero attached hydrogens (tertiary/aromatic N) is 3. The summed E-state index contributed by atoms with van der Waals surface area (Å²) >= 11 is 0. The maximum absolute atomic E-state index is 13.2. The van der Waals surface area contributed by atoms with E-state index in [2.05, 4.69) is 10.3 Å². The zero-order valence-corrected chi connectivity index (χ0v) is 18.4. The molecule has 8 nitrogen and oxygen atoms in total. The van der Waals surface area contributed by atoms with Crippen molar-refractivity contribution >= 4 is 28.6 Å². The first-order valence-electron chi connectivity index (χ1n) is 10.7. The summed E-state index contributed by atoms with van der Waals surface area (Å²) in [6.07, 6.45) is 2.42. The van der Waals surface area contributed by atoms with E-state index >= 15 is 0 Å². The number of pyridine rings is 1. The molecule has 168 valence electrons. The van der Waals surface area contributed by atoms with Crippen LogP contribution in [0.4, 0.5) is 5.69 Å². The SMILES string of the molecule is CCOC(=O)c1ccc(NC(=O)Cn2c3ncccc3c(=O)n2-c2cccc(CC)c2)cc1. The van der Waals surface area contributed by atoms with Crippen LogP contribution in [0.3, 0.4) is 0 Å². The molecule has 0 bridgehead atoms. The van der Waals surface area contributed by atoms with Crippen molar-refractivity contribution < 1.29 is 14.3 Å². The van der Waals surface area contributed by atoms with E-state index < -0.39 is 5.97 Å². The molecule has 2 heterocycles. The summed E-state index contributed by atoms with van der Waals surface area (Å²) in [5, 5.41) is 3.24. The van der Waals surface area contributed by atoms with Crippen molar-refractivity contribution in [2.45, 2.75) is 26.8 Å². The molecular weight excluding hydrogens is 420 g/mol. The number of amides is 1. The van der Waals surface area contributed by atoms with Gasteiger partial charge in [-0.15, -0.1) is 0 Å². The van der Waals surface area contributed by atoms with Crippen molar-refractivity contribution in [1.29, 1.82) is 0 Å². The molecule has 1 amide bonds. The molecule has 2 aromatic carbocycles. The summed E-state index contributed by atoms with van der Waals surface area (Å²) in [5.41, 5.74) is 2.87. The number of aryl methyl sites for hydroxylation is 1. The second kappa shape index (κ2) is 9.52. The lowest BCUT2D eigenvalue weighted by Crippen LogP contribution is -2.27. The van der Waals surface area contributed by atoms with Crippen LogP contribution in [0.2, 0.25) is 0 Å². The highest BCUT2D eigenvalue weighted by molar-refractivity contribution is 5.93. The lowest BCUT2D eigenvalue weighted by atomic mass is 10.1. The Morgan fingerprint density at radius 2 is 1.82 bits per heavy atom. The molecule has 2 aromatic heterocycles. The molecule has 0 aliphatic rings. The number of anilines is 1.